The van der Waals surface area contributed by atoms with E-state index in [0.717, 1.165) is 49.4 Å². The summed E-state index contributed by atoms with van der Waals surface area (Å²) in [5, 5.41) is 7.59. The molecule has 9 nitrogen and oxygen atoms in total. The Bertz CT molecular complexity index is 1010. The number of likely N-dealkylation sites (tertiary alicyclic amines) is 1. The molecule has 200 valence electrons. The van der Waals surface area contributed by atoms with Gasteiger partial charge in [-0.25, -0.2) is 4.98 Å². The zero-order valence-electron chi connectivity index (χ0n) is 23.2. The van der Waals surface area contributed by atoms with Gasteiger partial charge in [-0.1, -0.05) is 40.3 Å². The first kappa shape index (κ1) is 30.7. The normalized spacial score (nSPS) is 15.0. The maximum atomic E-state index is 11.2. The molecule has 0 bridgehead atoms. The number of hydrogen-bond donors (Lipinski definition) is 1. The van der Waals surface area contributed by atoms with Crippen molar-refractivity contribution < 1.29 is 14.3 Å². The van der Waals surface area contributed by atoms with Crippen LogP contribution in [0.25, 0.3) is 5.70 Å². The number of imidazole rings is 1. The van der Waals surface area contributed by atoms with Crippen molar-refractivity contribution in [3.63, 3.8) is 0 Å². The van der Waals surface area contributed by atoms with E-state index in [4.69, 9.17) is 4.74 Å². The van der Waals surface area contributed by atoms with Crippen molar-refractivity contribution in [1.29, 1.82) is 0 Å². The summed E-state index contributed by atoms with van der Waals surface area (Å²) < 4.78 is 9.09. The number of rotatable bonds is 9. The zero-order chi connectivity index (χ0) is 27.3. The summed E-state index contributed by atoms with van der Waals surface area (Å²) in [4.78, 5) is 27.6. The molecule has 1 atom stereocenters. The lowest BCUT2D eigenvalue weighted by molar-refractivity contribution is -0.125. The summed E-state index contributed by atoms with van der Waals surface area (Å²) in [6.07, 6.45) is 10.6. The molecule has 0 aromatic carbocycles. The van der Waals surface area contributed by atoms with Crippen molar-refractivity contribution in [2.75, 3.05) is 25.5 Å². The van der Waals surface area contributed by atoms with E-state index in [9.17, 15) is 9.59 Å². The minimum absolute atomic E-state index is 0.00797. The Labute approximate surface area is 216 Å². The molecule has 1 N–H and O–H groups in total. The lowest BCUT2D eigenvalue weighted by atomic mass is 10.0. The minimum atomic E-state index is 0.00797. The van der Waals surface area contributed by atoms with Gasteiger partial charge in [0.25, 0.3) is 5.88 Å². The van der Waals surface area contributed by atoms with Gasteiger partial charge in [-0.15, -0.1) is 5.10 Å². The summed E-state index contributed by atoms with van der Waals surface area (Å²) in [5.41, 5.74) is 2.95. The Morgan fingerprint density at radius 2 is 2.03 bits per heavy atom. The molecule has 1 fully saturated rings. The smallest absolute Gasteiger partial charge is 0.256 e. The highest BCUT2D eigenvalue weighted by atomic mass is 16.5. The van der Waals surface area contributed by atoms with Gasteiger partial charge >= 0.3 is 0 Å². The number of amides is 1. The molecule has 3 rings (SSSR count). The first-order valence-electron chi connectivity index (χ1n) is 12.6. The second-order valence-corrected chi connectivity index (χ2v) is 8.66. The van der Waals surface area contributed by atoms with Crippen LogP contribution in [-0.4, -0.2) is 56.6 Å². The van der Waals surface area contributed by atoms with E-state index in [1.807, 2.05) is 53.3 Å². The molecule has 2 aromatic heterocycles. The van der Waals surface area contributed by atoms with Gasteiger partial charge in [0.1, 0.15) is 12.0 Å². The molecule has 0 saturated carbocycles. The molecule has 1 unspecified atom stereocenters. The van der Waals surface area contributed by atoms with E-state index in [-0.39, 0.29) is 5.91 Å². The summed E-state index contributed by atoms with van der Waals surface area (Å²) >= 11 is 0. The highest BCUT2D eigenvalue weighted by molar-refractivity contribution is 5.87. The standard InChI is InChI=1S/C15H23N5O.C10H15NO2.C2H6/c1-7-11(14-16-8-13(10(2)3)20(14)5)17-12-9-19(4)18-15(12)21-6;1-2-10(13)11-6-5-9(8-11)4-3-7-12;1-2/h7-10,17H,1-6H3;2,7,9H,1,3-6,8H2;1-2H3/b11-7+;;. The van der Waals surface area contributed by atoms with Crippen molar-refractivity contribution in [1.82, 2.24) is 24.2 Å². The highest BCUT2D eigenvalue weighted by Crippen LogP contribution is 2.27. The topological polar surface area (TPSA) is 94.3 Å². The maximum Gasteiger partial charge on any atom is 0.256 e. The fourth-order valence-electron chi connectivity index (χ4n) is 4.02. The summed E-state index contributed by atoms with van der Waals surface area (Å²) in [6.45, 7) is 15.4. The van der Waals surface area contributed by atoms with Crippen LogP contribution >= 0.6 is 0 Å². The number of aryl methyl sites for hydroxylation is 1. The van der Waals surface area contributed by atoms with Crippen molar-refractivity contribution in [3.05, 3.63) is 42.6 Å². The van der Waals surface area contributed by atoms with Gasteiger partial charge in [-0.05, 0) is 37.7 Å². The predicted octanol–water partition coefficient (Wildman–Crippen LogP) is 4.78. The maximum absolute atomic E-state index is 11.2. The summed E-state index contributed by atoms with van der Waals surface area (Å²) in [7, 11) is 5.50. The number of nitrogens with zero attached hydrogens (tertiary/aromatic N) is 5. The van der Waals surface area contributed by atoms with Crippen molar-refractivity contribution in [3.8, 4) is 5.88 Å². The third-order valence-electron chi connectivity index (χ3n) is 5.87. The molecule has 1 aliphatic heterocycles. The first-order valence-corrected chi connectivity index (χ1v) is 12.6. The molecule has 1 saturated heterocycles. The number of carbonyl (C=O) groups excluding carboxylic acids is 2. The average Bonchev–Trinajstić information content (AvgIpc) is 3.60. The van der Waals surface area contributed by atoms with Crippen molar-refractivity contribution in [2.45, 2.75) is 59.8 Å². The second-order valence-electron chi connectivity index (χ2n) is 8.66. The van der Waals surface area contributed by atoms with E-state index in [1.165, 1.54) is 11.8 Å². The fourth-order valence-corrected chi connectivity index (χ4v) is 4.02. The van der Waals surface area contributed by atoms with Gasteiger partial charge in [-0.3, -0.25) is 9.48 Å². The molecular formula is C27H44N6O3. The molecule has 1 amide bonds. The number of hydrogen-bond acceptors (Lipinski definition) is 6. The van der Waals surface area contributed by atoms with Crippen LogP contribution in [0, 0.1) is 5.92 Å². The largest absolute Gasteiger partial charge is 0.478 e. The van der Waals surface area contributed by atoms with Gasteiger partial charge in [-0.2, -0.15) is 0 Å². The van der Waals surface area contributed by atoms with E-state index in [2.05, 4.69) is 40.4 Å². The Hall–Kier alpha value is -3.36. The highest BCUT2D eigenvalue weighted by Gasteiger charge is 2.24. The van der Waals surface area contributed by atoms with Crippen LogP contribution in [0.1, 0.15) is 71.3 Å². The number of aldehydes is 1. The third-order valence-corrected chi connectivity index (χ3v) is 5.87. The van der Waals surface area contributed by atoms with Crippen molar-refractivity contribution >= 4 is 23.6 Å². The van der Waals surface area contributed by atoms with Crippen LogP contribution < -0.4 is 10.1 Å². The Morgan fingerprint density at radius 3 is 2.56 bits per heavy atom. The van der Waals surface area contributed by atoms with Crippen LogP contribution in [0.2, 0.25) is 0 Å². The quantitative estimate of drug-likeness (QED) is 0.393. The van der Waals surface area contributed by atoms with Gasteiger partial charge in [0.15, 0.2) is 5.82 Å². The molecule has 0 spiro atoms. The molecule has 3 heterocycles. The first-order chi connectivity index (χ1) is 17.2. The number of nitrogens with one attached hydrogen (secondary N) is 1. The number of carbonyl (C=O) groups is 2. The molecule has 0 aliphatic carbocycles. The zero-order valence-corrected chi connectivity index (χ0v) is 23.2. The number of allylic oxidation sites excluding steroid dienone is 1. The SMILES string of the molecule is C/C=C(/Nc1cn(C)nc1OC)c1ncc(C(C)C)n1C.C=CC(=O)N1CCC(CCC=O)C1.CC. The Morgan fingerprint density at radius 1 is 1.33 bits per heavy atom. The van der Waals surface area contributed by atoms with Crippen molar-refractivity contribution in [2.24, 2.45) is 20.0 Å². The van der Waals surface area contributed by atoms with Crippen LogP contribution in [-0.2, 0) is 23.7 Å². The monoisotopic (exact) mass is 500 g/mol. The van der Waals surface area contributed by atoms with Gasteiger partial charge in [0.05, 0.1) is 19.0 Å². The van der Waals surface area contributed by atoms with Crippen LogP contribution in [0.4, 0.5) is 5.69 Å². The minimum Gasteiger partial charge on any atom is -0.478 e. The predicted molar refractivity (Wildman–Crippen MR) is 146 cm³/mol. The molecule has 36 heavy (non-hydrogen) atoms. The second kappa shape index (κ2) is 15.6. The van der Waals surface area contributed by atoms with Crippen LogP contribution in [0.3, 0.4) is 0 Å². The molecule has 1 aliphatic rings. The summed E-state index contributed by atoms with van der Waals surface area (Å²) in [5.74, 6) is 2.41. The lowest BCUT2D eigenvalue weighted by Gasteiger charge is -2.13. The van der Waals surface area contributed by atoms with Gasteiger partial charge in [0, 0.05) is 45.5 Å². The molecule has 0 radical (unpaired) electrons. The van der Waals surface area contributed by atoms with E-state index in [1.54, 1.807) is 16.7 Å². The van der Waals surface area contributed by atoms with E-state index >= 15 is 0 Å². The number of anilines is 1. The lowest BCUT2D eigenvalue weighted by Crippen LogP contribution is -2.26. The molecular weight excluding hydrogens is 456 g/mol. The fraction of sp³-hybridized carbons (Fsp3) is 0.556. The summed E-state index contributed by atoms with van der Waals surface area (Å²) in [6, 6.07) is 0. The average molecular weight is 501 g/mol. The number of aromatic nitrogens is 4. The van der Waals surface area contributed by atoms with E-state index in [0.29, 0.717) is 24.1 Å². The molecule has 2 aromatic rings. The number of ether oxygens (including phenoxy) is 1. The third kappa shape index (κ3) is 8.39. The van der Waals surface area contributed by atoms with Crippen LogP contribution in [0.5, 0.6) is 5.88 Å². The van der Waals surface area contributed by atoms with Gasteiger partial charge < -0.3 is 24.3 Å². The Kier molecular flexibility index (Phi) is 13.3. The number of methoxy groups -OCH3 is 1. The van der Waals surface area contributed by atoms with Gasteiger partial charge in [0.2, 0.25) is 5.91 Å². The Balaban J connectivity index is 0.000000371. The van der Waals surface area contributed by atoms with Crippen LogP contribution in [0.15, 0.2) is 31.1 Å². The molecule has 9 heteroatoms. The van der Waals surface area contributed by atoms with E-state index < -0.39 is 0 Å².